The third-order valence-electron chi connectivity index (χ3n) is 1.70. The summed E-state index contributed by atoms with van der Waals surface area (Å²) in [7, 11) is 0. The SMILES string of the molecule is CCC(CO)NC(=O)C(Br)CC. The summed E-state index contributed by atoms with van der Waals surface area (Å²) in [5.74, 6) is -0.0431. The van der Waals surface area contributed by atoms with Crippen LogP contribution >= 0.6 is 15.9 Å². The van der Waals surface area contributed by atoms with Crippen molar-refractivity contribution in [2.45, 2.75) is 37.6 Å². The molecule has 0 fully saturated rings. The molecule has 0 saturated carbocycles. The molecule has 0 saturated heterocycles. The van der Waals surface area contributed by atoms with Crippen molar-refractivity contribution in [3.63, 3.8) is 0 Å². The Hall–Kier alpha value is -0.0900. The second-order valence-electron chi connectivity index (χ2n) is 2.67. The number of carbonyl (C=O) groups excluding carboxylic acids is 1. The highest BCUT2D eigenvalue weighted by Gasteiger charge is 2.15. The van der Waals surface area contributed by atoms with Crippen molar-refractivity contribution in [3.05, 3.63) is 0 Å². The Kier molecular flexibility index (Phi) is 6.38. The van der Waals surface area contributed by atoms with E-state index in [1.807, 2.05) is 13.8 Å². The maximum Gasteiger partial charge on any atom is 0.234 e. The number of aliphatic hydroxyl groups is 1. The average Bonchev–Trinajstić information content (AvgIpc) is 2.12. The van der Waals surface area contributed by atoms with Crippen LogP contribution in [0.1, 0.15) is 26.7 Å². The molecule has 0 aromatic carbocycles. The molecule has 2 unspecified atom stereocenters. The summed E-state index contributed by atoms with van der Waals surface area (Å²) in [6.45, 7) is 3.86. The maximum atomic E-state index is 11.2. The lowest BCUT2D eigenvalue weighted by molar-refractivity contribution is -0.121. The van der Waals surface area contributed by atoms with Gasteiger partial charge in [0.25, 0.3) is 0 Å². The first-order valence-electron chi connectivity index (χ1n) is 4.20. The van der Waals surface area contributed by atoms with Crippen molar-refractivity contribution in [2.75, 3.05) is 6.61 Å². The summed E-state index contributed by atoms with van der Waals surface area (Å²) in [6.07, 6.45) is 1.51. The number of aliphatic hydroxyl groups excluding tert-OH is 1. The standard InChI is InChI=1S/C8H16BrNO2/c1-3-6(5-11)10-8(12)7(9)4-2/h6-7,11H,3-5H2,1-2H3,(H,10,12). The number of hydrogen-bond acceptors (Lipinski definition) is 2. The number of halogens is 1. The van der Waals surface area contributed by atoms with Gasteiger partial charge in [0.15, 0.2) is 0 Å². The van der Waals surface area contributed by atoms with Crippen molar-refractivity contribution in [2.24, 2.45) is 0 Å². The van der Waals surface area contributed by atoms with E-state index in [4.69, 9.17) is 5.11 Å². The molecule has 72 valence electrons. The molecular weight excluding hydrogens is 222 g/mol. The van der Waals surface area contributed by atoms with E-state index >= 15 is 0 Å². The van der Waals surface area contributed by atoms with E-state index in [2.05, 4.69) is 21.2 Å². The van der Waals surface area contributed by atoms with E-state index in [9.17, 15) is 4.79 Å². The van der Waals surface area contributed by atoms with Crippen LogP contribution in [0.25, 0.3) is 0 Å². The number of hydrogen-bond donors (Lipinski definition) is 2. The van der Waals surface area contributed by atoms with Gasteiger partial charge in [-0.05, 0) is 12.8 Å². The van der Waals surface area contributed by atoms with E-state index in [1.165, 1.54) is 0 Å². The Morgan fingerprint density at radius 1 is 1.50 bits per heavy atom. The van der Waals surface area contributed by atoms with Crippen molar-refractivity contribution in [1.82, 2.24) is 5.32 Å². The third kappa shape index (κ3) is 4.07. The van der Waals surface area contributed by atoms with Crippen LogP contribution in [-0.4, -0.2) is 28.5 Å². The first-order valence-corrected chi connectivity index (χ1v) is 5.12. The van der Waals surface area contributed by atoms with Crippen molar-refractivity contribution < 1.29 is 9.90 Å². The van der Waals surface area contributed by atoms with Gasteiger partial charge in [-0.1, -0.05) is 29.8 Å². The Morgan fingerprint density at radius 2 is 2.08 bits per heavy atom. The van der Waals surface area contributed by atoms with Crippen LogP contribution in [0.15, 0.2) is 0 Å². The number of amides is 1. The van der Waals surface area contributed by atoms with Crippen LogP contribution in [0.2, 0.25) is 0 Å². The highest BCUT2D eigenvalue weighted by atomic mass is 79.9. The monoisotopic (exact) mass is 237 g/mol. The van der Waals surface area contributed by atoms with E-state index in [1.54, 1.807) is 0 Å². The molecule has 2 N–H and O–H groups in total. The van der Waals surface area contributed by atoms with Gasteiger partial charge in [0, 0.05) is 0 Å². The molecule has 0 aromatic heterocycles. The van der Waals surface area contributed by atoms with Gasteiger partial charge >= 0.3 is 0 Å². The van der Waals surface area contributed by atoms with Gasteiger partial charge in [0.1, 0.15) is 0 Å². The zero-order valence-electron chi connectivity index (χ0n) is 7.51. The van der Waals surface area contributed by atoms with Crippen molar-refractivity contribution in [3.8, 4) is 0 Å². The summed E-state index contributed by atoms with van der Waals surface area (Å²) in [5.41, 5.74) is 0. The normalized spacial score (nSPS) is 15.3. The molecular formula is C8H16BrNO2. The van der Waals surface area contributed by atoms with Crippen molar-refractivity contribution >= 4 is 21.8 Å². The summed E-state index contributed by atoms with van der Waals surface area (Å²) in [6, 6.07) is -0.107. The van der Waals surface area contributed by atoms with Crippen LogP contribution in [0.4, 0.5) is 0 Å². The molecule has 0 radical (unpaired) electrons. The fourth-order valence-electron chi connectivity index (χ4n) is 0.754. The van der Waals surface area contributed by atoms with E-state index in [0.29, 0.717) is 0 Å². The molecule has 4 heteroatoms. The van der Waals surface area contributed by atoms with E-state index in [0.717, 1.165) is 12.8 Å². The molecule has 1 amide bonds. The molecule has 0 bridgehead atoms. The van der Waals surface area contributed by atoms with E-state index in [-0.39, 0.29) is 23.4 Å². The first-order chi connectivity index (χ1) is 5.65. The highest BCUT2D eigenvalue weighted by Crippen LogP contribution is 2.04. The highest BCUT2D eigenvalue weighted by molar-refractivity contribution is 9.10. The van der Waals surface area contributed by atoms with Crippen molar-refractivity contribution in [1.29, 1.82) is 0 Å². The minimum Gasteiger partial charge on any atom is -0.394 e. The molecule has 0 aliphatic carbocycles. The topological polar surface area (TPSA) is 49.3 Å². The number of carbonyl (C=O) groups is 1. The lowest BCUT2D eigenvalue weighted by Gasteiger charge is -2.15. The summed E-state index contributed by atoms with van der Waals surface area (Å²) >= 11 is 3.24. The van der Waals surface area contributed by atoms with E-state index < -0.39 is 0 Å². The van der Waals surface area contributed by atoms with Gasteiger partial charge in [-0.25, -0.2) is 0 Å². The zero-order valence-corrected chi connectivity index (χ0v) is 9.10. The fourth-order valence-corrected chi connectivity index (χ4v) is 0.886. The lowest BCUT2D eigenvalue weighted by atomic mass is 10.2. The third-order valence-corrected chi connectivity index (χ3v) is 2.77. The quantitative estimate of drug-likeness (QED) is 0.703. The molecule has 2 atom stereocenters. The first kappa shape index (κ1) is 11.9. The molecule has 0 spiro atoms. The summed E-state index contributed by atoms with van der Waals surface area (Å²) < 4.78 is 0. The molecule has 0 aromatic rings. The zero-order chi connectivity index (χ0) is 9.56. The average molecular weight is 238 g/mol. The van der Waals surface area contributed by atoms with Crippen LogP contribution in [0.5, 0.6) is 0 Å². The van der Waals surface area contributed by atoms with Crippen LogP contribution in [-0.2, 0) is 4.79 Å². The Balaban J connectivity index is 3.81. The van der Waals surface area contributed by atoms with Gasteiger partial charge in [-0.15, -0.1) is 0 Å². The Bertz CT molecular complexity index is 137. The largest absolute Gasteiger partial charge is 0.394 e. The number of alkyl halides is 1. The number of rotatable bonds is 5. The van der Waals surface area contributed by atoms with Gasteiger partial charge in [0.05, 0.1) is 17.5 Å². The van der Waals surface area contributed by atoms with Gasteiger partial charge in [0.2, 0.25) is 5.91 Å². The fraction of sp³-hybridized carbons (Fsp3) is 0.875. The predicted octanol–water partition coefficient (Wildman–Crippen LogP) is 1.05. The second kappa shape index (κ2) is 6.43. The summed E-state index contributed by atoms with van der Waals surface area (Å²) in [4.78, 5) is 11.1. The molecule has 3 nitrogen and oxygen atoms in total. The lowest BCUT2D eigenvalue weighted by Crippen LogP contribution is -2.40. The van der Waals surface area contributed by atoms with Gasteiger partial charge in [-0.2, -0.15) is 0 Å². The molecule has 0 aliphatic heterocycles. The maximum absolute atomic E-state index is 11.2. The molecule has 0 heterocycles. The Morgan fingerprint density at radius 3 is 2.42 bits per heavy atom. The van der Waals surface area contributed by atoms with Crippen LogP contribution < -0.4 is 5.32 Å². The number of nitrogens with one attached hydrogen (secondary N) is 1. The minimum absolute atomic E-state index is 0.00563. The summed E-state index contributed by atoms with van der Waals surface area (Å²) in [5, 5.41) is 11.5. The van der Waals surface area contributed by atoms with Gasteiger partial charge in [-0.3, -0.25) is 4.79 Å². The molecule has 0 aliphatic rings. The van der Waals surface area contributed by atoms with Gasteiger partial charge < -0.3 is 10.4 Å². The second-order valence-corrected chi connectivity index (χ2v) is 3.78. The molecule has 12 heavy (non-hydrogen) atoms. The predicted molar refractivity (Wildman–Crippen MR) is 52.3 cm³/mol. The molecule has 0 rings (SSSR count). The Labute approximate surface area is 81.7 Å². The van der Waals surface area contributed by atoms with Crippen LogP contribution in [0, 0.1) is 0 Å². The minimum atomic E-state index is -0.141. The smallest absolute Gasteiger partial charge is 0.234 e. The van der Waals surface area contributed by atoms with Crippen LogP contribution in [0.3, 0.4) is 0 Å².